The number of hydrogen-bond acceptors (Lipinski definition) is 6. The molecule has 1 aliphatic heterocycles. The molecule has 0 radical (unpaired) electrons. The van der Waals surface area contributed by atoms with Gasteiger partial charge in [0, 0.05) is 64.0 Å². The van der Waals surface area contributed by atoms with Crippen LogP contribution in [0, 0.1) is 10.1 Å². The first-order valence-corrected chi connectivity index (χ1v) is 7.84. The first kappa shape index (κ1) is 16.8. The van der Waals surface area contributed by atoms with Gasteiger partial charge >= 0.3 is 0 Å². The van der Waals surface area contributed by atoms with Crippen LogP contribution in [0.15, 0.2) is 24.3 Å². The van der Waals surface area contributed by atoms with Crippen molar-refractivity contribution in [2.45, 2.75) is 12.5 Å². The van der Waals surface area contributed by atoms with Gasteiger partial charge in [-0.25, -0.2) is 0 Å². The molecule has 1 unspecified atom stereocenters. The molecule has 1 aliphatic rings. The zero-order chi connectivity index (χ0) is 15.6. The second-order valence-electron chi connectivity index (χ2n) is 5.48. The molecule has 122 valence electrons. The number of nitrogens with zero attached hydrogens (tertiary/aromatic N) is 1. The Labute approximate surface area is 131 Å². The summed E-state index contributed by atoms with van der Waals surface area (Å²) >= 11 is 0. The molecule has 2 rings (SSSR count). The number of hydrogen-bond donors (Lipinski definition) is 4. The van der Waals surface area contributed by atoms with Gasteiger partial charge in [0.1, 0.15) is 0 Å². The Morgan fingerprint density at radius 1 is 0.955 bits per heavy atom. The van der Waals surface area contributed by atoms with Crippen molar-refractivity contribution in [3.05, 3.63) is 39.9 Å². The summed E-state index contributed by atoms with van der Waals surface area (Å²) in [6, 6.07) is 7.15. The zero-order valence-corrected chi connectivity index (χ0v) is 12.8. The van der Waals surface area contributed by atoms with E-state index in [0.717, 1.165) is 57.8 Å². The highest BCUT2D eigenvalue weighted by molar-refractivity contribution is 5.33. The van der Waals surface area contributed by atoms with Crippen LogP contribution < -0.4 is 21.3 Å². The summed E-state index contributed by atoms with van der Waals surface area (Å²) in [5.41, 5.74) is 1.26. The molecule has 0 bridgehead atoms. The summed E-state index contributed by atoms with van der Waals surface area (Å²) in [4.78, 5) is 10.3. The van der Waals surface area contributed by atoms with Crippen LogP contribution in [0.2, 0.25) is 0 Å². The van der Waals surface area contributed by atoms with Crippen LogP contribution in [-0.4, -0.2) is 56.8 Å². The zero-order valence-electron chi connectivity index (χ0n) is 12.8. The third kappa shape index (κ3) is 6.07. The summed E-state index contributed by atoms with van der Waals surface area (Å²) in [7, 11) is 0. The number of non-ortho nitro benzene ring substituents is 1. The van der Waals surface area contributed by atoms with Crippen molar-refractivity contribution >= 4 is 5.69 Å². The van der Waals surface area contributed by atoms with E-state index in [1.807, 2.05) is 12.1 Å². The fourth-order valence-corrected chi connectivity index (χ4v) is 2.50. The minimum atomic E-state index is -0.363. The molecule has 1 heterocycles. The molecule has 0 amide bonds. The lowest BCUT2D eigenvalue weighted by Crippen LogP contribution is -2.46. The van der Waals surface area contributed by atoms with E-state index in [1.54, 1.807) is 12.1 Å². The first-order chi connectivity index (χ1) is 10.8. The van der Waals surface area contributed by atoms with Crippen LogP contribution in [-0.2, 0) is 6.42 Å². The fourth-order valence-electron chi connectivity index (χ4n) is 2.50. The van der Waals surface area contributed by atoms with Crippen molar-refractivity contribution in [3.63, 3.8) is 0 Å². The number of nitro groups is 1. The van der Waals surface area contributed by atoms with Crippen LogP contribution in [0.3, 0.4) is 0 Å². The maximum absolute atomic E-state index is 10.7. The van der Waals surface area contributed by atoms with Gasteiger partial charge in [0.2, 0.25) is 0 Å². The summed E-state index contributed by atoms with van der Waals surface area (Å²) in [5, 5.41) is 24.4. The van der Waals surface area contributed by atoms with E-state index in [9.17, 15) is 10.1 Å². The van der Waals surface area contributed by atoms with E-state index < -0.39 is 0 Å². The number of rotatable bonds is 3. The van der Waals surface area contributed by atoms with E-state index >= 15 is 0 Å². The van der Waals surface area contributed by atoms with Crippen molar-refractivity contribution in [1.82, 2.24) is 21.3 Å². The predicted molar refractivity (Wildman–Crippen MR) is 87.2 cm³/mol. The van der Waals surface area contributed by atoms with Gasteiger partial charge in [0.05, 0.1) is 4.92 Å². The fraction of sp³-hybridized carbons (Fsp3) is 0.600. The molecule has 22 heavy (non-hydrogen) atoms. The third-order valence-electron chi connectivity index (χ3n) is 3.71. The van der Waals surface area contributed by atoms with Crippen LogP contribution in [0.4, 0.5) is 5.69 Å². The van der Waals surface area contributed by atoms with Crippen LogP contribution in [0.25, 0.3) is 0 Å². The molecule has 0 saturated carbocycles. The maximum atomic E-state index is 10.7. The van der Waals surface area contributed by atoms with Gasteiger partial charge in [-0.2, -0.15) is 0 Å². The highest BCUT2D eigenvalue weighted by atomic mass is 16.6. The Bertz CT molecular complexity index is 440. The van der Waals surface area contributed by atoms with E-state index in [2.05, 4.69) is 21.3 Å². The topological polar surface area (TPSA) is 91.3 Å². The van der Waals surface area contributed by atoms with E-state index in [1.165, 1.54) is 0 Å². The molecule has 0 aromatic heterocycles. The Morgan fingerprint density at radius 2 is 1.55 bits per heavy atom. The summed E-state index contributed by atoms with van der Waals surface area (Å²) in [5.74, 6) is 0. The molecular formula is C15H25N5O2. The molecule has 1 aromatic rings. The maximum Gasteiger partial charge on any atom is 0.269 e. The molecule has 1 atom stereocenters. The van der Waals surface area contributed by atoms with Crippen LogP contribution >= 0.6 is 0 Å². The van der Waals surface area contributed by atoms with Crippen molar-refractivity contribution in [2.24, 2.45) is 0 Å². The number of nitrogens with one attached hydrogen (secondary N) is 4. The summed E-state index contributed by atoms with van der Waals surface area (Å²) < 4.78 is 0. The lowest BCUT2D eigenvalue weighted by atomic mass is 10.1. The van der Waals surface area contributed by atoms with Crippen LogP contribution in [0.1, 0.15) is 5.56 Å². The van der Waals surface area contributed by atoms with E-state index in [0.29, 0.717) is 6.04 Å². The molecule has 0 spiro atoms. The Morgan fingerprint density at radius 3 is 2.18 bits per heavy atom. The van der Waals surface area contributed by atoms with E-state index in [-0.39, 0.29) is 10.6 Å². The molecule has 1 fully saturated rings. The molecule has 1 aromatic carbocycles. The van der Waals surface area contributed by atoms with Gasteiger partial charge in [-0.05, 0) is 12.0 Å². The first-order valence-electron chi connectivity index (χ1n) is 7.84. The molecule has 7 nitrogen and oxygen atoms in total. The largest absolute Gasteiger partial charge is 0.314 e. The minimum Gasteiger partial charge on any atom is -0.314 e. The lowest BCUT2D eigenvalue weighted by molar-refractivity contribution is -0.384. The molecule has 4 N–H and O–H groups in total. The van der Waals surface area contributed by atoms with Gasteiger partial charge < -0.3 is 21.3 Å². The van der Waals surface area contributed by atoms with Gasteiger partial charge in [0.15, 0.2) is 0 Å². The average molecular weight is 307 g/mol. The molecule has 1 saturated heterocycles. The molecular weight excluding hydrogens is 282 g/mol. The lowest BCUT2D eigenvalue weighted by Gasteiger charge is -2.21. The second-order valence-corrected chi connectivity index (χ2v) is 5.48. The monoisotopic (exact) mass is 307 g/mol. The van der Waals surface area contributed by atoms with Crippen molar-refractivity contribution < 1.29 is 4.92 Å². The minimum absolute atomic E-state index is 0.142. The highest BCUT2D eigenvalue weighted by Gasteiger charge is 2.11. The third-order valence-corrected chi connectivity index (χ3v) is 3.71. The SMILES string of the molecule is O=[N+]([O-])c1ccc(CC2CNCCNCCNCCN2)cc1. The van der Waals surface area contributed by atoms with Crippen molar-refractivity contribution in [3.8, 4) is 0 Å². The highest BCUT2D eigenvalue weighted by Crippen LogP contribution is 2.13. The summed E-state index contributed by atoms with van der Waals surface area (Å²) in [6.07, 6.45) is 0.860. The van der Waals surface area contributed by atoms with E-state index in [4.69, 9.17) is 0 Å². The molecule has 7 heteroatoms. The summed E-state index contributed by atoms with van der Waals surface area (Å²) in [6.45, 7) is 6.63. The van der Waals surface area contributed by atoms with Crippen LogP contribution in [0.5, 0.6) is 0 Å². The molecule has 0 aliphatic carbocycles. The van der Waals surface area contributed by atoms with Crippen molar-refractivity contribution in [1.29, 1.82) is 0 Å². The van der Waals surface area contributed by atoms with Gasteiger partial charge in [0.25, 0.3) is 5.69 Å². The van der Waals surface area contributed by atoms with Crippen molar-refractivity contribution in [2.75, 3.05) is 45.8 Å². The number of nitro benzene ring substituents is 1. The Kier molecular flexibility index (Phi) is 7.24. The second kappa shape index (κ2) is 9.47. The van der Waals surface area contributed by atoms with Gasteiger partial charge in [-0.15, -0.1) is 0 Å². The quantitative estimate of drug-likeness (QED) is 0.460. The smallest absolute Gasteiger partial charge is 0.269 e. The average Bonchev–Trinajstić information content (AvgIpc) is 2.50. The van der Waals surface area contributed by atoms with Gasteiger partial charge in [-0.1, -0.05) is 12.1 Å². The standard InChI is InChI=1S/C15H25N5O2/c21-20(22)15-3-1-13(2-4-15)11-14-12-18-8-7-16-5-6-17-9-10-19-14/h1-4,14,16-19H,5-12H2. The van der Waals surface area contributed by atoms with Gasteiger partial charge in [-0.3, -0.25) is 10.1 Å². The predicted octanol–water partition coefficient (Wildman–Crippen LogP) is -0.122. The normalized spacial score (nSPS) is 21.5. The Hall–Kier alpha value is -1.54. The Balaban J connectivity index is 1.87. The number of benzene rings is 1.